The number of ether oxygens (including phenoxy) is 1. The predicted molar refractivity (Wildman–Crippen MR) is 55.3 cm³/mol. The summed E-state index contributed by atoms with van der Waals surface area (Å²) in [6.07, 6.45) is 0.957. The highest BCUT2D eigenvalue weighted by atomic mass is 16.5. The lowest BCUT2D eigenvalue weighted by molar-refractivity contribution is -0.116. The summed E-state index contributed by atoms with van der Waals surface area (Å²) in [4.78, 5) is 21.9. The summed E-state index contributed by atoms with van der Waals surface area (Å²) in [7, 11) is 1.49. The van der Waals surface area contributed by atoms with Crippen LogP contribution >= 0.6 is 0 Å². The molecule has 0 saturated carbocycles. The minimum atomic E-state index is -0.434. The van der Waals surface area contributed by atoms with Crippen molar-refractivity contribution in [2.75, 3.05) is 7.11 Å². The SMILES string of the molecule is COc1cc(=O)oc(C)c1CCC(C)=O. The highest BCUT2D eigenvalue weighted by molar-refractivity contribution is 5.75. The Balaban J connectivity index is 3.04. The number of carbonyl (C=O) groups excluding carboxylic acids is 1. The number of carbonyl (C=O) groups is 1. The second-order valence-electron chi connectivity index (χ2n) is 3.37. The van der Waals surface area contributed by atoms with Crippen molar-refractivity contribution < 1.29 is 13.9 Å². The molecule has 0 radical (unpaired) electrons. The van der Waals surface area contributed by atoms with E-state index in [1.54, 1.807) is 6.92 Å². The number of aryl methyl sites for hydroxylation is 1. The summed E-state index contributed by atoms with van der Waals surface area (Å²) < 4.78 is 10.0. The Labute approximate surface area is 87.9 Å². The van der Waals surface area contributed by atoms with Crippen molar-refractivity contribution in [3.63, 3.8) is 0 Å². The fraction of sp³-hybridized carbons (Fsp3) is 0.455. The van der Waals surface area contributed by atoms with Crippen molar-refractivity contribution in [1.29, 1.82) is 0 Å². The Morgan fingerprint density at radius 1 is 1.53 bits per heavy atom. The van der Waals surface area contributed by atoms with Crippen molar-refractivity contribution in [1.82, 2.24) is 0 Å². The second-order valence-corrected chi connectivity index (χ2v) is 3.37. The van der Waals surface area contributed by atoms with Gasteiger partial charge in [0.2, 0.25) is 0 Å². The maximum atomic E-state index is 11.0. The maximum absolute atomic E-state index is 11.0. The fourth-order valence-corrected chi connectivity index (χ4v) is 1.39. The number of hydrogen-bond acceptors (Lipinski definition) is 4. The summed E-state index contributed by atoms with van der Waals surface area (Å²) in [5.74, 6) is 1.10. The van der Waals surface area contributed by atoms with E-state index < -0.39 is 5.63 Å². The molecule has 4 nitrogen and oxygen atoms in total. The van der Waals surface area contributed by atoms with Gasteiger partial charge < -0.3 is 13.9 Å². The molecule has 0 fully saturated rings. The van der Waals surface area contributed by atoms with E-state index in [-0.39, 0.29) is 5.78 Å². The molecule has 0 aliphatic heterocycles. The molecule has 0 amide bonds. The van der Waals surface area contributed by atoms with Crippen LogP contribution in [0.25, 0.3) is 0 Å². The molecule has 0 aliphatic rings. The highest BCUT2D eigenvalue weighted by Crippen LogP contribution is 2.21. The van der Waals surface area contributed by atoms with E-state index in [9.17, 15) is 9.59 Å². The molecular weight excluding hydrogens is 196 g/mol. The number of Topliss-reactive ketones (excluding diaryl/α,β-unsaturated/α-hetero) is 1. The van der Waals surface area contributed by atoms with Crippen molar-refractivity contribution in [3.8, 4) is 5.75 Å². The summed E-state index contributed by atoms with van der Waals surface area (Å²) in [5.41, 5.74) is 0.350. The van der Waals surface area contributed by atoms with Gasteiger partial charge in [0.15, 0.2) is 0 Å². The molecule has 1 heterocycles. The van der Waals surface area contributed by atoms with Gasteiger partial charge in [-0.2, -0.15) is 0 Å². The molecule has 0 bridgehead atoms. The second kappa shape index (κ2) is 4.77. The first-order chi connectivity index (χ1) is 7.04. The summed E-state index contributed by atoms with van der Waals surface area (Å²) >= 11 is 0. The van der Waals surface area contributed by atoms with Gasteiger partial charge in [0, 0.05) is 12.0 Å². The van der Waals surface area contributed by atoms with E-state index in [1.807, 2.05) is 0 Å². The normalized spacial score (nSPS) is 10.1. The Bertz CT molecular complexity index is 417. The summed E-state index contributed by atoms with van der Waals surface area (Å²) in [6.45, 7) is 3.22. The molecule has 0 aromatic carbocycles. The zero-order chi connectivity index (χ0) is 11.4. The average Bonchev–Trinajstić information content (AvgIpc) is 2.14. The van der Waals surface area contributed by atoms with Gasteiger partial charge in [0.1, 0.15) is 17.3 Å². The van der Waals surface area contributed by atoms with Crippen molar-refractivity contribution in [3.05, 3.63) is 27.8 Å². The quantitative estimate of drug-likeness (QED) is 0.755. The summed E-state index contributed by atoms with van der Waals surface area (Å²) in [6, 6.07) is 1.29. The van der Waals surface area contributed by atoms with E-state index in [1.165, 1.54) is 20.1 Å². The monoisotopic (exact) mass is 210 g/mol. The van der Waals surface area contributed by atoms with E-state index in [0.29, 0.717) is 24.4 Å². The average molecular weight is 210 g/mol. The van der Waals surface area contributed by atoms with Gasteiger partial charge in [-0.05, 0) is 20.3 Å². The number of rotatable bonds is 4. The first-order valence-corrected chi connectivity index (χ1v) is 4.71. The van der Waals surface area contributed by atoms with Crippen LogP contribution in [-0.2, 0) is 11.2 Å². The third kappa shape index (κ3) is 2.94. The van der Waals surface area contributed by atoms with Crippen LogP contribution in [0.1, 0.15) is 24.7 Å². The molecule has 0 spiro atoms. The molecule has 4 heteroatoms. The van der Waals surface area contributed by atoms with Crippen molar-refractivity contribution >= 4 is 5.78 Å². The van der Waals surface area contributed by atoms with Gasteiger partial charge in [-0.25, -0.2) is 4.79 Å². The zero-order valence-electron chi connectivity index (χ0n) is 9.12. The Morgan fingerprint density at radius 2 is 2.20 bits per heavy atom. The van der Waals surface area contributed by atoms with Crippen molar-refractivity contribution in [2.24, 2.45) is 0 Å². The van der Waals surface area contributed by atoms with Crippen LogP contribution in [0.15, 0.2) is 15.3 Å². The predicted octanol–water partition coefficient (Wildman–Crippen LogP) is 1.48. The van der Waals surface area contributed by atoms with E-state index in [4.69, 9.17) is 9.15 Å². The molecule has 1 aromatic heterocycles. The van der Waals surface area contributed by atoms with Crippen LogP contribution in [0, 0.1) is 6.92 Å². The van der Waals surface area contributed by atoms with Gasteiger partial charge in [-0.3, -0.25) is 0 Å². The minimum Gasteiger partial charge on any atom is -0.496 e. The molecule has 0 unspecified atom stereocenters. The van der Waals surface area contributed by atoms with E-state index in [2.05, 4.69) is 0 Å². The summed E-state index contributed by atoms with van der Waals surface area (Å²) in [5, 5.41) is 0. The fourth-order valence-electron chi connectivity index (χ4n) is 1.39. The third-order valence-electron chi connectivity index (χ3n) is 2.17. The standard InChI is InChI=1S/C11H14O4/c1-7(12)4-5-9-8(2)15-11(13)6-10(9)14-3/h6H,4-5H2,1-3H3. The lowest BCUT2D eigenvalue weighted by atomic mass is 10.1. The van der Waals surface area contributed by atoms with Crippen LogP contribution in [0.2, 0.25) is 0 Å². The number of methoxy groups -OCH3 is 1. The molecular formula is C11H14O4. The van der Waals surface area contributed by atoms with E-state index >= 15 is 0 Å². The van der Waals surface area contributed by atoms with Crippen LogP contribution in [0.4, 0.5) is 0 Å². The zero-order valence-corrected chi connectivity index (χ0v) is 9.12. The van der Waals surface area contributed by atoms with Crippen molar-refractivity contribution in [2.45, 2.75) is 26.7 Å². The molecule has 0 aliphatic carbocycles. The molecule has 0 N–H and O–H groups in total. The lowest BCUT2D eigenvalue weighted by Gasteiger charge is -2.08. The highest BCUT2D eigenvalue weighted by Gasteiger charge is 2.10. The largest absolute Gasteiger partial charge is 0.496 e. The van der Waals surface area contributed by atoms with Crippen LogP contribution < -0.4 is 10.4 Å². The lowest BCUT2D eigenvalue weighted by Crippen LogP contribution is -2.06. The van der Waals surface area contributed by atoms with Gasteiger partial charge in [0.25, 0.3) is 0 Å². The Morgan fingerprint density at radius 3 is 2.73 bits per heavy atom. The minimum absolute atomic E-state index is 0.0997. The van der Waals surface area contributed by atoms with Gasteiger partial charge in [-0.15, -0.1) is 0 Å². The third-order valence-corrected chi connectivity index (χ3v) is 2.17. The molecule has 0 atom stereocenters. The van der Waals surface area contributed by atoms with Crippen LogP contribution in [0.5, 0.6) is 5.75 Å². The van der Waals surface area contributed by atoms with Crippen LogP contribution in [0.3, 0.4) is 0 Å². The molecule has 82 valence electrons. The Hall–Kier alpha value is -1.58. The molecule has 0 saturated heterocycles. The number of hydrogen-bond donors (Lipinski definition) is 0. The molecule has 1 aromatic rings. The van der Waals surface area contributed by atoms with Gasteiger partial charge in [0.05, 0.1) is 13.2 Å². The smallest absolute Gasteiger partial charge is 0.339 e. The van der Waals surface area contributed by atoms with Crippen LogP contribution in [-0.4, -0.2) is 12.9 Å². The molecule has 15 heavy (non-hydrogen) atoms. The number of ketones is 1. The Kier molecular flexibility index (Phi) is 3.66. The van der Waals surface area contributed by atoms with E-state index in [0.717, 1.165) is 5.56 Å². The molecule has 1 rings (SSSR count). The van der Waals surface area contributed by atoms with Gasteiger partial charge >= 0.3 is 5.63 Å². The maximum Gasteiger partial charge on any atom is 0.339 e. The first kappa shape index (κ1) is 11.5. The topological polar surface area (TPSA) is 56.5 Å². The first-order valence-electron chi connectivity index (χ1n) is 4.71. The van der Waals surface area contributed by atoms with Gasteiger partial charge in [-0.1, -0.05) is 0 Å².